The highest BCUT2D eigenvalue weighted by atomic mass is 19.4. The number of rotatable bonds is 14. The molecule has 14 rings (SSSR count). The van der Waals surface area contributed by atoms with Gasteiger partial charge in [0.1, 0.15) is 27.8 Å². The van der Waals surface area contributed by atoms with Gasteiger partial charge in [-0.25, -0.2) is 0 Å². The summed E-state index contributed by atoms with van der Waals surface area (Å²) in [6, 6.07) is 30.6. The standard InChI is InChI=1S/C23H22F6N2O3.C16H21NO4.C15H19NO4.C15H17NO3.C14H17NO3.C9H7F6N.C4H8O/c1-12-5-4-6-13(2)19(12)31-11-21(14(3)32,10-18(31)33)20(34)30-17-8-15(22(24,25)26)7-16(9-17)23(27,28)29;1-10-6-5-7-11(2)14(10)17-9-16(12(3)18,8-13(17)19)15(20)21-4;1-9-5-4-6-10(2)13(9)16-8-15(11(3)17,14(19)20)7-12(16)18;1-9-5-4-6-10(2)13(9)16-8-15(7-12(16)17)11(3)19-14(15)18;1-9-5-4-6-10(2)13(9)15-8-11(7-12(15)16)14(17)18-3;1-16-7-3-5(8(10,11)12)2-6(4-7)9(13,14)15;1-2-4-5-3-1/h4-9,14,32H,10-11H2,1-3H3,(H,30,34);5-7,12,18H,8-9H2,1-4H3;4-6,11,17H,7-8H2,1-3H3,(H,19,20);4-6,11H,7-8H2,1-3H3;4-6,11H,7-8H2,1-3H3;2-4,16H,1H3;1-4H2. The van der Waals surface area contributed by atoms with E-state index in [1.807, 2.05) is 135 Å². The molecular weight excluding hydrogens is 1770 g/mol. The molecule has 7 aliphatic rings. The number of carboxylic acids is 1. The fourth-order valence-electron chi connectivity index (χ4n) is 17.2. The molecule has 9 unspecified atom stereocenters. The number of nitrogens with one attached hydrogen (secondary N) is 2. The van der Waals surface area contributed by atoms with Gasteiger partial charge in [0.15, 0.2) is 0 Å². The number of carbonyl (C=O) groups is 10. The van der Waals surface area contributed by atoms with Gasteiger partial charge in [-0.2, -0.15) is 52.7 Å². The van der Waals surface area contributed by atoms with Gasteiger partial charge in [0.2, 0.25) is 35.4 Å². The molecule has 7 aromatic carbocycles. The fraction of sp³-hybridized carbons (Fsp3) is 0.458. The summed E-state index contributed by atoms with van der Waals surface area (Å²) in [5.74, 6) is -4.55. The lowest BCUT2D eigenvalue weighted by atomic mass is 9.77. The van der Waals surface area contributed by atoms with Crippen molar-refractivity contribution in [3.05, 3.63) is 205 Å². The van der Waals surface area contributed by atoms with Crippen molar-refractivity contribution in [2.75, 3.05) is 102 Å². The number of ether oxygens (including phenoxy) is 4. The van der Waals surface area contributed by atoms with Crippen molar-refractivity contribution in [3.63, 3.8) is 0 Å². The van der Waals surface area contributed by atoms with E-state index in [0.717, 1.165) is 91.6 Å². The minimum Gasteiger partial charge on any atom is -0.481 e. The quantitative estimate of drug-likeness (QED) is 0.0335. The van der Waals surface area contributed by atoms with Crippen LogP contribution in [0.15, 0.2) is 127 Å². The number of aliphatic hydroxyl groups excluding tert-OH is 3. The molecule has 133 heavy (non-hydrogen) atoms. The fourth-order valence-corrected chi connectivity index (χ4v) is 17.2. The Morgan fingerprint density at radius 3 is 1.00 bits per heavy atom. The number of hydrogen-bond donors (Lipinski definition) is 6. The number of aryl methyl sites for hydroxylation is 10. The summed E-state index contributed by atoms with van der Waals surface area (Å²) in [5, 5.41) is 44.1. The first kappa shape index (κ1) is 106. The third-order valence-electron chi connectivity index (χ3n) is 24.9. The second-order valence-electron chi connectivity index (χ2n) is 34.4. The lowest BCUT2D eigenvalue weighted by Gasteiger charge is -2.41. The molecule has 7 heterocycles. The molecule has 7 aliphatic heterocycles. The van der Waals surface area contributed by atoms with Crippen molar-refractivity contribution in [1.29, 1.82) is 0 Å². The zero-order chi connectivity index (χ0) is 99.7. The van der Waals surface area contributed by atoms with E-state index in [1.54, 1.807) is 46.7 Å². The van der Waals surface area contributed by atoms with Crippen molar-refractivity contribution < 1.29 is 140 Å². The number of aliphatic carboxylic acids is 1. The lowest BCUT2D eigenvalue weighted by molar-refractivity contribution is -0.200. The number of aliphatic hydroxyl groups is 3. The maximum absolute atomic E-state index is 13.2. The second kappa shape index (κ2) is 42.5. The maximum Gasteiger partial charge on any atom is 0.416 e. The van der Waals surface area contributed by atoms with Crippen LogP contribution in [0.25, 0.3) is 0 Å². The number of amides is 6. The van der Waals surface area contributed by atoms with E-state index >= 15 is 0 Å². The SMILES string of the molecule is C1CCOC1.CNc1cc(C(F)(F)F)cc(C(F)(F)F)c1.COC(=O)C1(C(C)O)CC(=O)N(c2c(C)cccc2C)C1.COC(=O)C1CC(=O)N(c2c(C)cccc2C)C1.Cc1cccc(C)c1N1CC(C(=O)Nc2cc(C(F)(F)F)cc(C(F)(F)F)c2)(C(C)O)CC1=O.Cc1cccc(C)c1N1CC(C(=O)O)(C(C)O)CC1=O.Cc1cccc(C)c1N1CC2(CC1=O)C(=O)OC2C. The predicted octanol–water partition coefficient (Wildman–Crippen LogP) is 16.5. The highest BCUT2D eigenvalue weighted by Gasteiger charge is 2.63. The summed E-state index contributed by atoms with van der Waals surface area (Å²) in [4.78, 5) is 130. The lowest BCUT2D eigenvalue weighted by Crippen LogP contribution is -2.56. The number of carbonyl (C=O) groups excluding carboxylic acids is 9. The molecule has 9 atom stereocenters. The van der Waals surface area contributed by atoms with Crippen LogP contribution in [0, 0.1) is 96.8 Å². The molecule has 6 N–H and O–H groups in total. The summed E-state index contributed by atoms with van der Waals surface area (Å²) in [6.07, 6.45) is -21.1. The van der Waals surface area contributed by atoms with Crippen molar-refractivity contribution in [2.45, 2.75) is 191 Å². The first-order chi connectivity index (χ1) is 61.8. The number of halogens is 12. The van der Waals surface area contributed by atoms with E-state index in [-0.39, 0.29) is 111 Å². The number of anilines is 7. The summed E-state index contributed by atoms with van der Waals surface area (Å²) in [6.45, 7) is 27.8. The van der Waals surface area contributed by atoms with Gasteiger partial charge in [-0.3, -0.25) is 47.9 Å². The molecule has 0 bridgehead atoms. The first-order valence-electron chi connectivity index (χ1n) is 42.5. The number of hydrogen-bond acceptors (Lipinski definition) is 18. The van der Waals surface area contributed by atoms with Crippen LogP contribution < -0.4 is 35.1 Å². The molecule has 0 aliphatic carbocycles. The number of alkyl halides is 12. The van der Waals surface area contributed by atoms with E-state index in [0.29, 0.717) is 43.0 Å². The molecule has 25 nitrogen and oxygen atoms in total. The summed E-state index contributed by atoms with van der Waals surface area (Å²) in [7, 11) is 3.88. The molecule has 7 saturated heterocycles. The van der Waals surface area contributed by atoms with Crippen molar-refractivity contribution >= 4 is 99.1 Å². The largest absolute Gasteiger partial charge is 0.481 e. The Labute approximate surface area is 762 Å². The average Bonchev–Trinajstić information content (AvgIpc) is 1.58. The van der Waals surface area contributed by atoms with Crippen LogP contribution in [-0.4, -0.2) is 171 Å². The smallest absolute Gasteiger partial charge is 0.416 e. The molecule has 6 amide bonds. The van der Waals surface area contributed by atoms with E-state index < -0.39 is 123 Å². The molecular formula is C96H111F12N7O18. The van der Waals surface area contributed by atoms with Crippen LogP contribution >= 0.6 is 0 Å². The van der Waals surface area contributed by atoms with Crippen LogP contribution in [0.3, 0.4) is 0 Å². The third-order valence-corrected chi connectivity index (χ3v) is 24.9. The van der Waals surface area contributed by atoms with Gasteiger partial charge >= 0.3 is 48.6 Å². The Balaban J connectivity index is 0.000000198. The molecule has 722 valence electrons. The van der Waals surface area contributed by atoms with Gasteiger partial charge in [-0.05, 0) is 202 Å². The monoisotopic (exact) mass is 1880 g/mol. The van der Waals surface area contributed by atoms with Gasteiger partial charge in [-0.15, -0.1) is 0 Å². The molecule has 1 spiro atoms. The average molecular weight is 1880 g/mol. The van der Waals surface area contributed by atoms with E-state index in [4.69, 9.17) is 18.9 Å². The van der Waals surface area contributed by atoms with Gasteiger partial charge in [0.25, 0.3) is 0 Å². The van der Waals surface area contributed by atoms with Gasteiger partial charge < -0.3 is 74.5 Å². The van der Waals surface area contributed by atoms with Gasteiger partial charge in [-0.1, -0.05) is 91.0 Å². The summed E-state index contributed by atoms with van der Waals surface area (Å²) >= 11 is 0. The van der Waals surface area contributed by atoms with Crippen LogP contribution in [0.2, 0.25) is 0 Å². The highest BCUT2D eigenvalue weighted by Crippen LogP contribution is 2.50. The Morgan fingerprint density at radius 2 is 0.729 bits per heavy atom. The Kier molecular flexibility index (Phi) is 34.0. The molecule has 0 saturated carbocycles. The molecule has 7 aromatic rings. The Hall–Kier alpha value is -12.0. The van der Waals surface area contributed by atoms with E-state index in [2.05, 4.69) is 10.6 Å². The van der Waals surface area contributed by atoms with Crippen LogP contribution in [-0.2, 0) is 91.6 Å². The maximum atomic E-state index is 13.2. The number of esters is 3. The number of cyclic esters (lactones) is 1. The zero-order valence-electron chi connectivity index (χ0n) is 76.7. The topological polar surface area (TPSA) is 329 Å². The van der Waals surface area contributed by atoms with Gasteiger partial charge in [0.05, 0.1) is 60.7 Å². The number of para-hydroxylation sites is 5. The Bertz CT molecular complexity index is 5330. The van der Waals surface area contributed by atoms with Crippen LogP contribution in [0.4, 0.5) is 92.5 Å². The second-order valence-corrected chi connectivity index (χ2v) is 34.4. The molecule has 7 fully saturated rings. The molecule has 0 radical (unpaired) electrons. The van der Waals surface area contributed by atoms with E-state index in [1.165, 1.54) is 64.7 Å². The minimum atomic E-state index is -5.09. The van der Waals surface area contributed by atoms with Gasteiger partial charge in [0, 0.05) is 125 Å². The van der Waals surface area contributed by atoms with Crippen LogP contribution in [0.5, 0.6) is 0 Å². The summed E-state index contributed by atoms with van der Waals surface area (Å²) in [5.41, 5.74) is 1.56. The molecule has 37 heteroatoms. The van der Waals surface area contributed by atoms with E-state index in [9.17, 15) is 121 Å². The van der Waals surface area contributed by atoms with Crippen molar-refractivity contribution in [1.82, 2.24) is 0 Å². The van der Waals surface area contributed by atoms with Crippen molar-refractivity contribution in [2.24, 2.45) is 27.6 Å². The van der Waals surface area contributed by atoms with Crippen LogP contribution in [0.1, 0.15) is 151 Å². The number of methoxy groups -OCH3 is 2. The normalized spacial score (nSPS) is 21.6. The molecule has 0 aromatic heterocycles. The third kappa shape index (κ3) is 23.8. The number of nitrogens with zero attached hydrogens (tertiary/aromatic N) is 5. The number of carboxylic acid groups (broad SMARTS) is 1. The minimum absolute atomic E-state index is 0.00449. The first-order valence-corrected chi connectivity index (χ1v) is 42.5. The van der Waals surface area contributed by atoms with Crippen molar-refractivity contribution in [3.8, 4) is 0 Å². The highest BCUT2D eigenvalue weighted by molar-refractivity contribution is 6.08. The summed E-state index contributed by atoms with van der Waals surface area (Å²) < 4.78 is 172. The zero-order valence-corrected chi connectivity index (χ0v) is 76.7. The predicted molar refractivity (Wildman–Crippen MR) is 471 cm³/mol. The number of benzene rings is 7. The Morgan fingerprint density at radius 1 is 0.429 bits per heavy atom.